The van der Waals surface area contributed by atoms with Gasteiger partial charge in [0, 0.05) is 24.4 Å². The number of esters is 1. The standard InChI is InChI=1S/C23H24N4O3/c1-30-22(28)15-27-13-19(16-7-3-2-4-8-16)21(14-27)26-23(29)25-18-11-17-9-5-6-10-20(17)24-12-18/h2-12,19,21H,13-15H2,1H3,(H2,25,26,29)/t19-,21+/m0/s1. The van der Waals surface area contributed by atoms with Gasteiger partial charge in [-0.2, -0.15) is 0 Å². The van der Waals surface area contributed by atoms with Crippen molar-refractivity contribution < 1.29 is 14.3 Å². The highest BCUT2D eigenvalue weighted by atomic mass is 16.5. The Morgan fingerprint density at radius 3 is 2.67 bits per heavy atom. The van der Waals surface area contributed by atoms with Gasteiger partial charge in [-0.05, 0) is 17.7 Å². The van der Waals surface area contributed by atoms with E-state index in [4.69, 9.17) is 4.74 Å². The Bertz CT molecular complexity index is 1040. The Kier molecular flexibility index (Phi) is 5.90. The number of ether oxygens (including phenoxy) is 1. The van der Waals surface area contributed by atoms with E-state index in [0.717, 1.165) is 16.5 Å². The van der Waals surface area contributed by atoms with Crippen molar-refractivity contribution in [1.82, 2.24) is 15.2 Å². The second-order valence-corrected chi connectivity index (χ2v) is 7.41. The van der Waals surface area contributed by atoms with Gasteiger partial charge < -0.3 is 15.4 Å². The van der Waals surface area contributed by atoms with Crippen LogP contribution in [0.2, 0.25) is 0 Å². The van der Waals surface area contributed by atoms with Gasteiger partial charge in [-0.3, -0.25) is 14.7 Å². The maximum absolute atomic E-state index is 12.7. The molecule has 1 fully saturated rings. The first-order valence-corrected chi connectivity index (χ1v) is 9.89. The molecular formula is C23H24N4O3. The van der Waals surface area contributed by atoms with Gasteiger partial charge >= 0.3 is 12.0 Å². The number of anilines is 1. The molecule has 1 aromatic heterocycles. The minimum atomic E-state index is -0.294. The Morgan fingerprint density at radius 2 is 1.87 bits per heavy atom. The molecule has 7 heteroatoms. The molecule has 2 aromatic carbocycles. The summed E-state index contributed by atoms with van der Waals surface area (Å²) in [4.78, 5) is 30.8. The van der Waals surface area contributed by atoms with Gasteiger partial charge in [-0.1, -0.05) is 48.5 Å². The predicted octanol–water partition coefficient (Wildman–Crippen LogP) is 3.00. The van der Waals surface area contributed by atoms with Gasteiger partial charge in [0.15, 0.2) is 0 Å². The van der Waals surface area contributed by atoms with E-state index in [2.05, 4.69) is 15.6 Å². The van der Waals surface area contributed by atoms with Gasteiger partial charge in [0.05, 0.1) is 37.1 Å². The molecule has 30 heavy (non-hydrogen) atoms. The van der Waals surface area contributed by atoms with E-state index in [-0.39, 0.29) is 30.5 Å². The quantitative estimate of drug-likeness (QED) is 0.639. The lowest BCUT2D eigenvalue weighted by molar-refractivity contribution is -0.141. The van der Waals surface area contributed by atoms with Gasteiger partial charge in [0.1, 0.15) is 0 Å². The number of nitrogens with zero attached hydrogens (tertiary/aromatic N) is 2. The molecule has 0 saturated carbocycles. The number of likely N-dealkylation sites (tertiary alicyclic amines) is 1. The summed E-state index contributed by atoms with van der Waals surface area (Å²) in [5.74, 6) is -0.203. The second-order valence-electron chi connectivity index (χ2n) is 7.41. The maximum atomic E-state index is 12.7. The number of hydrogen-bond donors (Lipinski definition) is 2. The topological polar surface area (TPSA) is 83.6 Å². The molecule has 2 amide bonds. The minimum absolute atomic E-state index is 0.0799. The molecule has 2 atom stereocenters. The number of pyridine rings is 1. The number of fused-ring (bicyclic) bond motifs is 1. The average molecular weight is 404 g/mol. The molecule has 7 nitrogen and oxygen atoms in total. The molecule has 1 aliphatic rings. The second kappa shape index (κ2) is 8.92. The van der Waals surface area contributed by atoms with Crippen molar-refractivity contribution in [3.63, 3.8) is 0 Å². The number of carbonyl (C=O) groups is 2. The minimum Gasteiger partial charge on any atom is -0.468 e. The lowest BCUT2D eigenvalue weighted by atomic mass is 9.94. The van der Waals surface area contributed by atoms with Crippen LogP contribution in [0.5, 0.6) is 0 Å². The Morgan fingerprint density at radius 1 is 1.10 bits per heavy atom. The first kappa shape index (κ1) is 19.8. The molecule has 0 aliphatic carbocycles. The highest BCUT2D eigenvalue weighted by Gasteiger charge is 2.35. The van der Waals surface area contributed by atoms with Crippen LogP contribution < -0.4 is 10.6 Å². The maximum Gasteiger partial charge on any atom is 0.319 e. The molecule has 3 aromatic rings. The van der Waals surface area contributed by atoms with Crippen molar-refractivity contribution in [3.8, 4) is 0 Å². The first-order valence-electron chi connectivity index (χ1n) is 9.89. The van der Waals surface area contributed by atoms with E-state index in [1.165, 1.54) is 7.11 Å². The summed E-state index contributed by atoms with van der Waals surface area (Å²) in [6, 6.07) is 19.2. The Balaban J connectivity index is 1.46. The van der Waals surface area contributed by atoms with Gasteiger partial charge in [0.2, 0.25) is 0 Å². The van der Waals surface area contributed by atoms with Crippen molar-refractivity contribution >= 4 is 28.6 Å². The fourth-order valence-corrected chi connectivity index (χ4v) is 3.92. The third kappa shape index (κ3) is 4.58. The number of rotatable bonds is 5. The lowest BCUT2D eigenvalue weighted by Gasteiger charge is -2.20. The number of urea groups is 1. The van der Waals surface area contributed by atoms with Crippen LogP contribution in [0.4, 0.5) is 10.5 Å². The van der Waals surface area contributed by atoms with Crippen LogP contribution >= 0.6 is 0 Å². The molecule has 154 valence electrons. The summed E-state index contributed by atoms with van der Waals surface area (Å²) in [7, 11) is 1.38. The molecule has 0 unspecified atom stereocenters. The SMILES string of the molecule is COC(=O)CN1C[C@@H](NC(=O)Nc2cnc3ccccc3c2)[C@H](c2ccccc2)C1. The van der Waals surface area contributed by atoms with Crippen LogP contribution in [0.25, 0.3) is 10.9 Å². The summed E-state index contributed by atoms with van der Waals surface area (Å²) in [6.45, 7) is 1.44. The van der Waals surface area contributed by atoms with Crippen LogP contribution in [0.1, 0.15) is 11.5 Å². The van der Waals surface area contributed by atoms with Crippen molar-refractivity contribution in [2.45, 2.75) is 12.0 Å². The third-order valence-electron chi connectivity index (χ3n) is 5.37. The Hall–Kier alpha value is -3.45. The first-order chi connectivity index (χ1) is 14.6. The van der Waals surface area contributed by atoms with E-state index < -0.39 is 0 Å². The van der Waals surface area contributed by atoms with Crippen LogP contribution in [0.15, 0.2) is 66.9 Å². The molecule has 4 rings (SSSR count). The third-order valence-corrected chi connectivity index (χ3v) is 5.37. The molecule has 0 bridgehead atoms. The smallest absolute Gasteiger partial charge is 0.319 e. The summed E-state index contributed by atoms with van der Waals surface area (Å²) < 4.78 is 4.80. The molecule has 2 heterocycles. The number of para-hydroxylation sites is 1. The number of hydrogen-bond acceptors (Lipinski definition) is 5. The van der Waals surface area contributed by atoms with Crippen molar-refractivity contribution in [2.75, 3.05) is 32.1 Å². The van der Waals surface area contributed by atoms with E-state index in [9.17, 15) is 9.59 Å². The number of aromatic nitrogens is 1. The number of amides is 2. The molecule has 2 N–H and O–H groups in total. The van der Waals surface area contributed by atoms with Crippen LogP contribution in [0, 0.1) is 0 Å². The van der Waals surface area contributed by atoms with E-state index in [1.807, 2.05) is 65.6 Å². The highest BCUT2D eigenvalue weighted by Crippen LogP contribution is 2.27. The monoisotopic (exact) mass is 404 g/mol. The fourth-order valence-electron chi connectivity index (χ4n) is 3.92. The molecule has 1 aliphatic heterocycles. The predicted molar refractivity (Wildman–Crippen MR) is 115 cm³/mol. The normalized spacial score (nSPS) is 18.8. The lowest BCUT2D eigenvalue weighted by Crippen LogP contribution is -2.42. The largest absolute Gasteiger partial charge is 0.468 e. The van der Waals surface area contributed by atoms with E-state index >= 15 is 0 Å². The summed E-state index contributed by atoms with van der Waals surface area (Å²) in [5.41, 5.74) is 2.64. The van der Waals surface area contributed by atoms with Crippen molar-refractivity contribution in [2.24, 2.45) is 0 Å². The zero-order chi connectivity index (χ0) is 20.9. The van der Waals surface area contributed by atoms with Crippen LogP contribution in [-0.4, -0.2) is 54.7 Å². The van der Waals surface area contributed by atoms with Crippen molar-refractivity contribution in [3.05, 3.63) is 72.4 Å². The number of carbonyl (C=O) groups excluding carboxylic acids is 2. The Labute approximate surface area is 175 Å². The molecular weight excluding hydrogens is 380 g/mol. The zero-order valence-corrected chi connectivity index (χ0v) is 16.7. The fraction of sp³-hybridized carbons (Fsp3) is 0.261. The molecule has 0 radical (unpaired) electrons. The van der Waals surface area contributed by atoms with E-state index in [1.54, 1.807) is 6.20 Å². The number of benzene rings is 2. The molecule has 0 spiro atoms. The zero-order valence-electron chi connectivity index (χ0n) is 16.7. The van der Waals surface area contributed by atoms with Crippen LogP contribution in [-0.2, 0) is 9.53 Å². The summed E-state index contributed by atoms with van der Waals surface area (Å²) in [6.07, 6.45) is 1.65. The molecule has 1 saturated heterocycles. The van der Waals surface area contributed by atoms with Gasteiger partial charge in [-0.25, -0.2) is 4.79 Å². The van der Waals surface area contributed by atoms with E-state index in [0.29, 0.717) is 18.8 Å². The van der Waals surface area contributed by atoms with Gasteiger partial charge in [0.25, 0.3) is 0 Å². The number of nitrogens with one attached hydrogen (secondary N) is 2. The van der Waals surface area contributed by atoms with Crippen LogP contribution in [0.3, 0.4) is 0 Å². The summed E-state index contributed by atoms with van der Waals surface area (Å²) >= 11 is 0. The van der Waals surface area contributed by atoms with Crippen molar-refractivity contribution in [1.29, 1.82) is 0 Å². The average Bonchev–Trinajstić information content (AvgIpc) is 3.15. The van der Waals surface area contributed by atoms with Gasteiger partial charge in [-0.15, -0.1) is 0 Å². The summed E-state index contributed by atoms with van der Waals surface area (Å²) in [5, 5.41) is 6.91. The number of methoxy groups -OCH3 is 1. The highest BCUT2D eigenvalue weighted by molar-refractivity contribution is 5.92.